The van der Waals surface area contributed by atoms with Crippen molar-refractivity contribution in [2.24, 2.45) is 11.3 Å². The fourth-order valence-electron chi connectivity index (χ4n) is 1.49. The molecular formula is C13H21NS. The highest BCUT2D eigenvalue weighted by Crippen LogP contribution is 2.32. The highest BCUT2D eigenvalue weighted by Gasteiger charge is 2.21. The smallest absolute Gasteiger partial charge is 0.0901 e. The second-order valence-corrected chi connectivity index (χ2v) is 6.33. The molecule has 0 unspecified atom stereocenters. The molecule has 1 aromatic heterocycles. The summed E-state index contributed by atoms with van der Waals surface area (Å²) in [5, 5.41) is 3.26. The monoisotopic (exact) mass is 223 g/mol. The minimum Gasteiger partial charge on any atom is -0.242 e. The molecule has 1 nitrogen and oxygen atoms in total. The van der Waals surface area contributed by atoms with Gasteiger partial charge in [0.05, 0.1) is 10.7 Å². The topological polar surface area (TPSA) is 12.9 Å². The Hall–Kier alpha value is -0.630. The van der Waals surface area contributed by atoms with E-state index in [0.29, 0.717) is 11.3 Å². The van der Waals surface area contributed by atoms with Gasteiger partial charge in [0, 0.05) is 5.38 Å². The van der Waals surface area contributed by atoms with Crippen LogP contribution in [0, 0.1) is 18.3 Å². The van der Waals surface area contributed by atoms with Gasteiger partial charge in [-0.15, -0.1) is 11.3 Å². The summed E-state index contributed by atoms with van der Waals surface area (Å²) in [6.07, 6.45) is 2.21. The lowest BCUT2D eigenvalue weighted by molar-refractivity contribution is 0.302. The van der Waals surface area contributed by atoms with E-state index in [-0.39, 0.29) is 0 Å². The molecule has 0 aliphatic heterocycles. The van der Waals surface area contributed by atoms with Crippen molar-refractivity contribution in [1.29, 1.82) is 0 Å². The van der Waals surface area contributed by atoms with Crippen molar-refractivity contribution in [2.75, 3.05) is 0 Å². The van der Waals surface area contributed by atoms with Crippen LogP contribution in [0.1, 0.15) is 45.3 Å². The lowest BCUT2D eigenvalue weighted by Crippen LogP contribution is -2.18. The first-order valence-corrected chi connectivity index (χ1v) is 6.29. The van der Waals surface area contributed by atoms with Crippen LogP contribution < -0.4 is 0 Å². The van der Waals surface area contributed by atoms with Crippen LogP contribution in [0.15, 0.2) is 11.0 Å². The minimum atomic E-state index is 0.325. The summed E-state index contributed by atoms with van der Waals surface area (Å²) < 4.78 is 0. The molecule has 1 rings (SSSR count). The minimum absolute atomic E-state index is 0.325. The van der Waals surface area contributed by atoms with Crippen molar-refractivity contribution in [3.63, 3.8) is 0 Å². The molecule has 0 aliphatic rings. The van der Waals surface area contributed by atoms with Gasteiger partial charge in [0.25, 0.3) is 0 Å². The quantitative estimate of drug-likeness (QED) is 0.717. The maximum absolute atomic E-state index is 4.46. The summed E-state index contributed by atoms with van der Waals surface area (Å²) in [5.74, 6) is 0.583. The maximum atomic E-state index is 4.46. The molecule has 1 atom stereocenters. The molecule has 84 valence electrons. The van der Waals surface area contributed by atoms with Crippen LogP contribution in [-0.4, -0.2) is 4.98 Å². The number of hydrogen-bond donors (Lipinski definition) is 0. The number of aromatic nitrogens is 1. The lowest BCUT2D eigenvalue weighted by Gasteiger charge is -2.28. The Balaban J connectivity index is 2.85. The molecule has 0 saturated heterocycles. The predicted molar refractivity (Wildman–Crippen MR) is 69.1 cm³/mol. The number of thiazole rings is 1. The van der Waals surface area contributed by atoms with Crippen LogP contribution in [0.3, 0.4) is 0 Å². The average molecular weight is 223 g/mol. The molecule has 0 fully saturated rings. The Bertz CT molecular complexity index is 355. The van der Waals surface area contributed by atoms with Crippen LogP contribution in [0.25, 0.3) is 6.08 Å². The molecule has 0 bridgehead atoms. The largest absolute Gasteiger partial charge is 0.242 e. The van der Waals surface area contributed by atoms with Crippen LogP contribution in [0.2, 0.25) is 0 Å². The Morgan fingerprint density at radius 1 is 1.47 bits per heavy atom. The molecule has 0 aliphatic carbocycles. The van der Waals surface area contributed by atoms with Gasteiger partial charge in [-0.1, -0.05) is 33.3 Å². The SMILES string of the molecule is C/C(=C\c1csc(C)n1)[C@H](C)C(C)(C)C. The molecule has 0 radical (unpaired) electrons. The van der Waals surface area contributed by atoms with Gasteiger partial charge in [-0.05, 0) is 31.3 Å². The number of nitrogens with zero attached hydrogens (tertiary/aromatic N) is 1. The molecule has 1 heterocycles. The fourth-order valence-corrected chi connectivity index (χ4v) is 2.06. The van der Waals surface area contributed by atoms with Crippen molar-refractivity contribution in [3.05, 3.63) is 21.7 Å². The van der Waals surface area contributed by atoms with E-state index >= 15 is 0 Å². The number of allylic oxidation sites excluding steroid dienone is 1. The van der Waals surface area contributed by atoms with Crippen LogP contribution in [0.5, 0.6) is 0 Å². The Kier molecular flexibility index (Phi) is 3.72. The molecule has 0 amide bonds. The highest BCUT2D eigenvalue weighted by molar-refractivity contribution is 7.09. The van der Waals surface area contributed by atoms with Gasteiger partial charge in [-0.25, -0.2) is 4.98 Å². The summed E-state index contributed by atoms with van der Waals surface area (Å²) in [6.45, 7) is 13.4. The Morgan fingerprint density at radius 2 is 2.07 bits per heavy atom. The average Bonchev–Trinajstić information content (AvgIpc) is 2.48. The lowest BCUT2D eigenvalue weighted by atomic mass is 9.78. The summed E-state index contributed by atoms with van der Waals surface area (Å²) >= 11 is 1.71. The molecule has 0 spiro atoms. The summed E-state index contributed by atoms with van der Waals surface area (Å²) in [4.78, 5) is 4.46. The standard InChI is InChI=1S/C13H21NS/c1-9(10(2)13(4,5)6)7-12-8-15-11(3)14-12/h7-8,10H,1-6H3/b9-7+/t10-/m0/s1. The second-order valence-electron chi connectivity index (χ2n) is 5.27. The fraction of sp³-hybridized carbons (Fsp3) is 0.615. The molecular weight excluding hydrogens is 202 g/mol. The molecule has 0 saturated carbocycles. The summed E-state index contributed by atoms with van der Waals surface area (Å²) in [7, 11) is 0. The first kappa shape index (κ1) is 12.4. The number of aryl methyl sites for hydroxylation is 1. The molecule has 15 heavy (non-hydrogen) atoms. The normalized spacial score (nSPS) is 15.5. The van der Waals surface area contributed by atoms with E-state index in [1.165, 1.54) is 5.57 Å². The summed E-state index contributed by atoms with van der Waals surface area (Å²) in [6, 6.07) is 0. The van der Waals surface area contributed by atoms with Crippen molar-refractivity contribution < 1.29 is 0 Å². The number of rotatable bonds is 2. The third-order valence-electron chi connectivity index (χ3n) is 2.99. The van der Waals surface area contributed by atoms with E-state index in [9.17, 15) is 0 Å². The maximum Gasteiger partial charge on any atom is 0.0901 e. The predicted octanol–water partition coefficient (Wildman–Crippen LogP) is 4.54. The van der Waals surface area contributed by atoms with E-state index in [2.05, 4.69) is 51.1 Å². The number of hydrogen-bond acceptors (Lipinski definition) is 2. The van der Waals surface area contributed by atoms with Gasteiger partial charge >= 0.3 is 0 Å². The van der Waals surface area contributed by atoms with Crippen molar-refractivity contribution in [1.82, 2.24) is 4.98 Å². The van der Waals surface area contributed by atoms with Crippen LogP contribution in [0.4, 0.5) is 0 Å². The highest BCUT2D eigenvalue weighted by atomic mass is 32.1. The molecule has 1 aromatic rings. The zero-order chi connectivity index (χ0) is 11.6. The zero-order valence-electron chi connectivity index (χ0n) is 10.6. The van der Waals surface area contributed by atoms with Crippen LogP contribution >= 0.6 is 11.3 Å². The first-order chi connectivity index (χ1) is 6.80. The second kappa shape index (κ2) is 4.48. The Morgan fingerprint density at radius 3 is 2.47 bits per heavy atom. The van der Waals surface area contributed by atoms with Gasteiger partial charge in [-0.3, -0.25) is 0 Å². The zero-order valence-corrected chi connectivity index (χ0v) is 11.4. The van der Waals surface area contributed by atoms with E-state index in [0.717, 1.165) is 10.7 Å². The van der Waals surface area contributed by atoms with Gasteiger partial charge in [0.2, 0.25) is 0 Å². The van der Waals surface area contributed by atoms with Gasteiger partial charge in [-0.2, -0.15) is 0 Å². The van der Waals surface area contributed by atoms with E-state index in [1.807, 2.05) is 6.92 Å². The van der Waals surface area contributed by atoms with Gasteiger partial charge in [0.1, 0.15) is 0 Å². The third kappa shape index (κ3) is 3.45. The van der Waals surface area contributed by atoms with Crippen molar-refractivity contribution in [3.8, 4) is 0 Å². The Labute approximate surface area is 97.3 Å². The van der Waals surface area contributed by atoms with Crippen molar-refractivity contribution >= 4 is 17.4 Å². The van der Waals surface area contributed by atoms with E-state index in [4.69, 9.17) is 0 Å². The molecule has 2 heteroatoms. The third-order valence-corrected chi connectivity index (χ3v) is 3.79. The molecule has 0 aromatic carbocycles. The van der Waals surface area contributed by atoms with E-state index < -0.39 is 0 Å². The summed E-state index contributed by atoms with van der Waals surface area (Å²) in [5.41, 5.74) is 2.84. The van der Waals surface area contributed by atoms with Gasteiger partial charge in [0.15, 0.2) is 0 Å². The van der Waals surface area contributed by atoms with E-state index in [1.54, 1.807) is 11.3 Å². The molecule has 0 N–H and O–H groups in total. The van der Waals surface area contributed by atoms with Gasteiger partial charge < -0.3 is 0 Å². The first-order valence-electron chi connectivity index (χ1n) is 5.41. The van der Waals surface area contributed by atoms with Crippen molar-refractivity contribution in [2.45, 2.75) is 41.5 Å². The van der Waals surface area contributed by atoms with Crippen LogP contribution in [-0.2, 0) is 0 Å².